The summed E-state index contributed by atoms with van der Waals surface area (Å²) in [4.78, 5) is 4.62. The molecule has 2 N–H and O–H groups in total. The maximum Gasteiger partial charge on any atom is 0.191 e. The summed E-state index contributed by atoms with van der Waals surface area (Å²) >= 11 is 1.92. The van der Waals surface area contributed by atoms with Crippen LogP contribution in [0.5, 0.6) is 0 Å². The molecule has 0 aromatic heterocycles. The SMILES string of the molecule is CCNC(=NCCCC1CC1)NCCCCSC.I. The standard InChI is InChI=1S/C14H29N3S.HI/c1-3-15-14(16-10-4-5-12-18-2)17-11-6-7-13-8-9-13;/h13H,3-12H2,1-2H3,(H2,15,16,17);1H. The third-order valence-corrected chi connectivity index (χ3v) is 3.85. The average Bonchev–Trinajstić information content (AvgIpc) is 3.18. The minimum Gasteiger partial charge on any atom is -0.357 e. The predicted molar refractivity (Wildman–Crippen MR) is 99.0 cm³/mol. The number of halogens is 1. The van der Waals surface area contributed by atoms with Gasteiger partial charge in [-0.3, -0.25) is 4.99 Å². The molecule has 0 unspecified atom stereocenters. The van der Waals surface area contributed by atoms with Crippen molar-refractivity contribution in [3.05, 3.63) is 0 Å². The Morgan fingerprint density at radius 1 is 1.21 bits per heavy atom. The van der Waals surface area contributed by atoms with Gasteiger partial charge in [-0.05, 0) is 50.5 Å². The second-order valence-electron chi connectivity index (χ2n) is 4.97. The first-order chi connectivity index (χ1) is 8.86. The van der Waals surface area contributed by atoms with Gasteiger partial charge in [0.05, 0.1) is 0 Å². The Balaban J connectivity index is 0.00000324. The summed E-state index contributed by atoms with van der Waals surface area (Å²) in [5, 5.41) is 6.72. The molecule has 0 radical (unpaired) electrons. The Hall–Kier alpha value is 0.350. The van der Waals surface area contributed by atoms with Gasteiger partial charge in [-0.1, -0.05) is 12.8 Å². The molecule has 19 heavy (non-hydrogen) atoms. The first-order valence-electron chi connectivity index (χ1n) is 7.38. The van der Waals surface area contributed by atoms with Crippen LogP contribution in [-0.4, -0.2) is 37.6 Å². The number of guanidine groups is 1. The molecule has 1 saturated carbocycles. The lowest BCUT2D eigenvalue weighted by Crippen LogP contribution is -2.37. The highest BCUT2D eigenvalue weighted by atomic mass is 127. The smallest absolute Gasteiger partial charge is 0.191 e. The largest absolute Gasteiger partial charge is 0.357 e. The number of nitrogens with zero attached hydrogens (tertiary/aromatic N) is 1. The predicted octanol–water partition coefficient (Wildman–Crippen LogP) is 3.49. The second kappa shape index (κ2) is 13.3. The summed E-state index contributed by atoms with van der Waals surface area (Å²) in [5.74, 6) is 3.29. The molecule has 114 valence electrons. The first-order valence-corrected chi connectivity index (χ1v) is 8.77. The van der Waals surface area contributed by atoms with Crippen LogP contribution >= 0.6 is 35.7 Å². The summed E-state index contributed by atoms with van der Waals surface area (Å²) < 4.78 is 0. The third kappa shape index (κ3) is 11.8. The number of hydrogen-bond acceptors (Lipinski definition) is 2. The molecule has 0 amide bonds. The van der Waals surface area contributed by atoms with Gasteiger partial charge in [0.2, 0.25) is 0 Å². The number of hydrogen-bond donors (Lipinski definition) is 2. The molecule has 3 nitrogen and oxygen atoms in total. The summed E-state index contributed by atoms with van der Waals surface area (Å²) in [5.41, 5.74) is 0. The Morgan fingerprint density at radius 2 is 2.00 bits per heavy atom. The van der Waals surface area contributed by atoms with Gasteiger partial charge in [-0.2, -0.15) is 11.8 Å². The lowest BCUT2D eigenvalue weighted by Gasteiger charge is -2.11. The summed E-state index contributed by atoms with van der Waals surface area (Å²) in [6.07, 6.45) is 10.2. The van der Waals surface area contributed by atoms with Crippen molar-refractivity contribution in [3.63, 3.8) is 0 Å². The minimum absolute atomic E-state index is 0. The molecule has 1 fully saturated rings. The molecule has 1 aliphatic carbocycles. The Kier molecular flexibility index (Phi) is 13.6. The fraction of sp³-hybridized carbons (Fsp3) is 0.929. The highest BCUT2D eigenvalue weighted by Gasteiger charge is 2.19. The van der Waals surface area contributed by atoms with Crippen molar-refractivity contribution >= 4 is 41.7 Å². The molecule has 0 aliphatic heterocycles. The fourth-order valence-electron chi connectivity index (χ4n) is 1.90. The molecule has 0 bridgehead atoms. The van der Waals surface area contributed by atoms with Crippen molar-refractivity contribution in [1.82, 2.24) is 10.6 Å². The quantitative estimate of drug-likeness (QED) is 0.256. The van der Waals surface area contributed by atoms with Gasteiger partial charge in [0.25, 0.3) is 0 Å². The zero-order valence-corrected chi connectivity index (χ0v) is 15.6. The summed E-state index contributed by atoms with van der Waals surface area (Å²) in [6.45, 7) is 5.07. The van der Waals surface area contributed by atoms with E-state index in [0.717, 1.165) is 31.5 Å². The van der Waals surface area contributed by atoms with Crippen LogP contribution in [-0.2, 0) is 0 Å². The maximum atomic E-state index is 4.62. The van der Waals surface area contributed by atoms with Crippen LogP contribution in [0.4, 0.5) is 0 Å². The van der Waals surface area contributed by atoms with E-state index in [4.69, 9.17) is 0 Å². The van der Waals surface area contributed by atoms with E-state index in [1.54, 1.807) is 0 Å². The van der Waals surface area contributed by atoms with E-state index < -0.39 is 0 Å². The van der Waals surface area contributed by atoms with E-state index >= 15 is 0 Å². The number of unbranched alkanes of at least 4 members (excludes halogenated alkanes) is 1. The number of aliphatic imine (C=N–C) groups is 1. The third-order valence-electron chi connectivity index (χ3n) is 3.15. The summed E-state index contributed by atoms with van der Waals surface area (Å²) in [7, 11) is 0. The Bertz CT molecular complexity index is 233. The van der Waals surface area contributed by atoms with E-state index in [9.17, 15) is 0 Å². The second-order valence-corrected chi connectivity index (χ2v) is 5.96. The van der Waals surface area contributed by atoms with Gasteiger partial charge in [0.1, 0.15) is 0 Å². The van der Waals surface area contributed by atoms with E-state index in [2.05, 4.69) is 28.8 Å². The molecular formula is C14H30IN3S. The van der Waals surface area contributed by atoms with Crippen LogP contribution in [0.2, 0.25) is 0 Å². The van der Waals surface area contributed by atoms with Crippen LogP contribution in [0.25, 0.3) is 0 Å². The lowest BCUT2D eigenvalue weighted by molar-refractivity contribution is 0.668. The van der Waals surface area contributed by atoms with Gasteiger partial charge < -0.3 is 10.6 Å². The van der Waals surface area contributed by atoms with E-state index in [0.29, 0.717) is 0 Å². The normalized spacial score (nSPS) is 14.9. The van der Waals surface area contributed by atoms with Crippen LogP contribution in [0, 0.1) is 5.92 Å². The fourth-order valence-corrected chi connectivity index (χ4v) is 2.39. The van der Waals surface area contributed by atoms with Crippen molar-refractivity contribution in [2.45, 2.75) is 45.4 Å². The molecule has 0 atom stereocenters. The van der Waals surface area contributed by atoms with Crippen LogP contribution < -0.4 is 10.6 Å². The van der Waals surface area contributed by atoms with Crippen LogP contribution in [0.1, 0.15) is 45.4 Å². The van der Waals surface area contributed by atoms with E-state index in [1.165, 1.54) is 44.3 Å². The highest BCUT2D eigenvalue weighted by molar-refractivity contribution is 14.0. The average molecular weight is 399 g/mol. The monoisotopic (exact) mass is 399 g/mol. The van der Waals surface area contributed by atoms with Crippen LogP contribution in [0.3, 0.4) is 0 Å². The molecule has 5 heteroatoms. The Labute approximate surface area is 140 Å². The van der Waals surface area contributed by atoms with Crippen molar-refractivity contribution in [2.24, 2.45) is 10.9 Å². The van der Waals surface area contributed by atoms with Gasteiger partial charge >= 0.3 is 0 Å². The van der Waals surface area contributed by atoms with Crippen molar-refractivity contribution < 1.29 is 0 Å². The van der Waals surface area contributed by atoms with E-state index in [-0.39, 0.29) is 24.0 Å². The minimum atomic E-state index is 0. The van der Waals surface area contributed by atoms with E-state index in [1.807, 2.05) is 11.8 Å². The first kappa shape index (κ1) is 19.4. The van der Waals surface area contributed by atoms with Gasteiger partial charge in [-0.15, -0.1) is 24.0 Å². The van der Waals surface area contributed by atoms with Crippen molar-refractivity contribution in [2.75, 3.05) is 31.6 Å². The molecule has 1 aliphatic rings. The molecule has 0 saturated heterocycles. The number of rotatable bonds is 10. The molecule has 0 aromatic carbocycles. The van der Waals surface area contributed by atoms with Gasteiger partial charge in [-0.25, -0.2) is 0 Å². The molecule has 0 aromatic rings. The Morgan fingerprint density at radius 3 is 2.63 bits per heavy atom. The number of nitrogens with one attached hydrogen (secondary N) is 2. The maximum absolute atomic E-state index is 4.62. The van der Waals surface area contributed by atoms with Crippen molar-refractivity contribution in [1.29, 1.82) is 0 Å². The zero-order valence-electron chi connectivity index (χ0n) is 12.4. The number of thioether (sulfide) groups is 1. The van der Waals surface area contributed by atoms with Crippen molar-refractivity contribution in [3.8, 4) is 0 Å². The van der Waals surface area contributed by atoms with Gasteiger partial charge in [0.15, 0.2) is 5.96 Å². The highest BCUT2D eigenvalue weighted by Crippen LogP contribution is 2.33. The molecule has 1 rings (SSSR count). The topological polar surface area (TPSA) is 36.4 Å². The van der Waals surface area contributed by atoms with Crippen LogP contribution in [0.15, 0.2) is 4.99 Å². The zero-order chi connectivity index (χ0) is 13.1. The molecule has 0 heterocycles. The summed E-state index contributed by atoms with van der Waals surface area (Å²) in [6, 6.07) is 0. The molecular weight excluding hydrogens is 369 g/mol. The lowest BCUT2D eigenvalue weighted by atomic mass is 10.2. The molecule has 0 spiro atoms. The van der Waals surface area contributed by atoms with Gasteiger partial charge in [0, 0.05) is 19.6 Å².